The van der Waals surface area contributed by atoms with E-state index < -0.39 is 0 Å². The Morgan fingerprint density at radius 3 is 1.30 bits per heavy atom. The lowest BCUT2D eigenvalue weighted by Gasteiger charge is -2.31. The summed E-state index contributed by atoms with van der Waals surface area (Å²) in [5.74, 6) is 3.55. The van der Waals surface area contributed by atoms with E-state index in [1.807, 2.05) is 35.3 Å². The number of thioether (sulfide) groups is 3. The van der Waals surface area contributed by atoms with E-state index in [0.29, 0.717) is 31.5 Å². The number of rotatable bonds is 19. The molecular formula is C23H48OS6. The van der Waals surface area contributed by atoms with Gasteiger partial charge in [0.05, 0.1) is 5.60 Å². The van der Waals surface area contributed by atoms with Crippen LogP contribution in [0.15, 0.2) is 0 Å². The molecule has 0 aliphatic rings. The zero-order valence-electron chi connectivity index (χ0n) is 20.3. The molecule has 0 spiro atoms. The summed E-state index contributed by atoms with van der Waals surface area (Å²) in [4.78, 5) is 0. The third-order valence-electron chi connectivity index (χ3n) is 5.62. The van der Waals surface area contributed by atoms with Gasteiger partial charge in [0.2, 0.25) is 0 Å². The summed E-state index contributed by atoms with van der Waals surface area (Å²) >= 11 is 19.8. The fraction of sp³-hybridized carbons (Fsp3) is 1.00. The molecule has 0 aromatic carbocycles. The van der Waals surface area contributed by atoms with Crippen molar-refractivity contribution in [1.82, 2.24) is 0 Å². The van der Waals surface area contributed by atoms with Gasteiger partial charge in [0.15, 0.2) is 0 Å². The lowest BCUT2D eigenvalue weighted by Crippen LogP contribution is -2.30. The number of hydrogen-bond donors (Lipinski definition) is 3. The molecule has 0 amide bonds. The van der Waals surface area contributed by atoms with Crippen LogP contribution in [-0.4, -0.2) is 61.0 Å². The molecule has 0 aliphatic carbocycles. The molecule has 0 saturated heterocycles. The predicted molar refractivity (Wildman–Crippen MR) is 159 cm³/mol. The lowest BCUT2D eigenvalue weighted by molar-refractivity contribution is -0.0435. The fourth-order valence-corrected chi connectivity index (χ4v) is 6.40. The smallest absolute Gasteiger partial charge is 0.0655 e. The molecule has 0 fully saturated rings. The summed E-state index contributed by atoms with van der Waals surface area (Å²) in [5.41, 5.74) is -0.000121. The molecule has 0 radical (unpaired) electrons. The van der Waals surface area contributed by atoms with E-state index in [4.69, 9.17) is 4.74 Å². The molecule has 0 saturated carbocycles. The van der Waals surface area contributed by atoms with Gasteiger partial charge in [-0.15, -0.1) is 0 Å². The van der Waals surface area contributed by atoms with Gasteiger partial charge in [-0.1, -0.05) is 41.5 Å². The summed E-state index contributed by atoms with van der Waals surface area (Å²) in [6.07, 6.45) is 5.84. The maximum Gasteiger partial charge on any atom is 0.0655 e. The van der Waals surface area contributed by atoms with Crippen LogP contribution in [0, 0.1) is 0 Å². The quantitative estimate of drug-likeness (QED) is 0.115. The van der Waals surface area contributed by atoms with Crippen molar-refractivity contribution in [3.63, 3.8) is 0 Å². The molecule has 7 heteroatoms. The first-order valence-corrected chi connectivity index (χ1v) is 16.2. The van der Waals surface area contributed by atoms with E-state index in [-0.39, 0.29) is 5.60 Å². The third-order valence-corrected chi connectivity index (χ3v) is 11.9. The van der Waals surface area contributed by atoms with Gasteiger partial charge in [0.25, 0.3) is 0 Å². The van der Waals surface area contributed by atoms with Gasteiger partial charge in [-0.25, -0.2) is 0 Å². The topological polar surface area (TPSA) is 9.23 Å². The van der Waals surface area contributed by atoms with Gasteiger partial charge in [0.1, 0.15) is 0 Å². The second-order valence-electron chi connectivity index (χ2n) is 8.81. The van der Waals surface area contributed by atoms with Crippen LogP contribution in [0.25, 0.3) is 0 Å². The van der Waals surface area contributed by atoms with Gasteiger partial charge in [-0.2, -0.15) is 73.2 Å². The minimum absolute atomic E-state index is 0.000121. The Morgan fingerprint density at radius 1 is 0.633 bits per heavy atom. The normalized spacial score (nSPS) is 20.2. The van der Waals surface area contributed by atoms with Crippen molar-refractivity contribution in [2.24, 2.45) is 0 Å². The highest BCUT2D eigenvalue weighted by Gasteiger charge is 2.25. The number of thiol groups is 3. The Balaban J connectivity index is 4.40. The van der Waals surface area contributed by atoms with Crippen LogP contribution in [-0.2, 0) is 4.74 Å². The van der Waals surface area contributed by atoms with Crippen LogP contribution in [0.2, 0.25) is 0 Å². The molecule has 0 rings (SSSR count). The number of ether oxygens (including phenoxy) is 1. The molecule has 0 N–H and O–H groups in total. The third kappa shape index (κ3) is 16.6. The average molecular weight is 533 g/mol. The van der Waals surface area contributed by atoms with Crippen LogP contribution in [0.5, 0.6) is 0 Å². The van der Waals surface area contributed by atoms with Crippen LogP contribution >= 0.6 is 73.2 Å². The van der Waals surface area contributed by atoms with Crippen molar-refractivity contribution in [2.75, 3.05) is 23.9 Å². The van der Waals surface area contributed by atoms with Crippen molar-refractivity contribution in [2.45, 2.75) is 118 Å². The molecule has 0 aromatic heterocycles. The van der Waals surface area contributed by atoms with E-state index in [0.717, 1.165) is 31.6 Å². The Labute approximate surface area is 218 Å². The Hall–Kier alpha value is 2.06. The Morgan fingerprint density at radius 2 is 0.967 bits per heavy atom. The Bertz CT molecular complexity index is 383. The van der Waals surface area contributed by atoms with Gasteiger partial charge >= 0.3 is 0 Å². The highest BCUT2D eigenvalue weighted by atomic mass is 32.2. The predicted octanol–water partition coefficient (Wildman–Crippen LogP) is 8.03. The molecule has 182 valence electrons. The van der Waals surface area contributed by atoms with Crippen LogP contribution in [0.4, 0.5) is 0 Å². The molecule has 0 heterocycles. The van der Waals surface area contributed by atoms with Crippen molar-refractivity contribution < 1.29 is 4.74 Å². The summed E-state index contributed by atoms with van der Waals surface area (Å²) < 4.78 is 6.50. The molecule has 6 unspecified atom stereocenters. The van der Waals surface area contributed by atoms with E-state index in [1.54, 1.807) is 0 Å². The van der Waals surface area contributed by atoms with Crippen molar-refractivity contribution in [3.05, 3.63) is 0 Å². The van der Waals surface area contributed by atoms with Gasteiger partial charge in [-0.3, -0.25) is 0 Å². The van der Waals surface area contributed by atoms with Crippen molar-refractivity contribution >= 4 is 73.2 Å². The molecular weight excluding hydrogens is 485 g/mol. The minimum atomic E-state index is -0.000121. The lowest BCUT2D eigenvalue weighted by atomic mass is 9.94. The highest BCUT2D eigenvalue weighted by molar-refractivity contribution is 8.01. The average Bonchev–Trinajstić information content (AvgIpc) is 2.67. The van der Waals surface area contributed by atoms with Crippen molar-refractivity contribution in [3.8, 4) is 0 Å². The second kappa shape index (κ2) is 18.4. The van der Waals surface area contributed by atoms with Crippen LogP contribution in [0.3, 0.4) is 0 Å². The maximum atomic E-state index is 6.50. The summed E-state index contributed by atoms with van der Waals surface area (Å²) in [6, 6.07) is 0. The largest absolute Gasteiger partial charge is 0.375 e. The molecule has 0 aromatic rings. The minimum Gasteiger partial charge on any atom is -0.375 e. The van der Waals surface area contributed by atoms with Gasteiger partial charge in [0, 0.05) is 38.1 Å². The first-order chi connectivity index (χ1) is 14.0. The van der Waals surface area contributed by atoms with E-state index in [9.17, 15) is 0 Å². The van der Waals surface area contributed by atoms with Crippen LogP contribution in [0.1, 0.15) is 80.6 Å². The van der Waals surface area contributed by atoms with Gasteiger partial charge < -0.3 is 4.74 Å². The molecule has 30 heavy (non-hydrogen) atoms. The summed E-state index contributed by atoms with van der Waals surface area (Å²) in [7, 11) is 0. The standard InChI is InChI=1S/C23H48OS6/c1-17(25)20(4)28-14-8-11-23(7,12-9-15-29-21(5)18(2)26)24-13-10-16-30-22(6)19(3)27/h17-22,25-27H,8-16H2,1-7H3. The molecule has 0 aliphatic heterocycles. The monoisotopic (exact) mass is 532 g/mol. The molecule has 1 nitrogen and oxygen atoms in total. The zero-order chi connectivity index (χ0) is 23.2. The highest BCUT2D eigenvalue weighted by Crippen LogP contribution is 2.29. The SMILES string of the molecule is CC(S)C(C)SCCCOC(C)(CCCSC(C)C(C)S)CCCSC(C)C(C)S. The second-order valence-corrected chi connectivity index (χ2v) is 15.7. The maximum absolute atomic E-state index is 6.50. The number of hydrogen-bond acceptors (Lipinski definition) is 7. The van der Waals surface area contributed by atoms with Crippen molar-refractivity contribution in [1.29, 1.82) is 0 Å². The summed E-state index contributed by atoms with van der Waals surface area (Å²) in [6.45, 7) is 16.6. The van der Waals surface area contributed by atoms with E-state index in [2.05, 4.69) is 86.4 Å². The van der Waals surface area contributed by atoms with Crippen LogP contribution < -0.4 is 0 Å². The van der Waals surface area contributed by atoms with E-state index >= 15 is 0 Å². The Kier molecular flexibility index (Phi) is 19.7. The fourth-order valence-electron chi connectivity index (χ4n) is 2.76. The van der Waals surface area contributed by atoms with E-state index in [1.165, 1.54) is 24.3 Å². The first-order valence-electron chi connectivity index (χ1n) is 11.5. The summed E-state index contributed by atoms with van der Waals surface area (Å²) in [5, 5.41) is 3.16. The molecule has 6 atom stereocenters. The zero-order valence-corrected chi connectivity index (χ0v) is 25.4. The first kappa shape index (κ1) is 32.1. The van der Waals surface area contributed by atoms with Gasteiger partial charge in [-0.05, 0) is 56.3 Å². The molecule has 0 bridgehead atoms.